The van der Waals surface area contributed by atoms with Crippen LogP contribution >= 0.6 is 11.8 Å². The van der Waals surface area contributed by atoms with Crippen LogP contribution in [0.2, 0.25) is 0 Å². The first-order valence-electron chi connectivity index (χ1n) is 10.9. The molecule has 6 nitrogen and oxygen atoms in total. The van der Waals surface area contributed by atoms with Crippen molar-refractivity contribution in [3.8, 4) is 0 Å². The van der Waals surface area contributed by atoms with Gasteiger partial charge in [-0.15, -0.1) is 10.2 Å². The topological polar surface area (TPSA) is 73.0 Å². The fourth-order valence-corrected chi connectivity index (χ4v) is 4.91. The fourth-order valence-electron chi connectivity index (χ4n) is 4.34. The third kappa shape index (κ3) is 4.56. The van der Waals surface area contributed by atoms with Gasteiger partial charge in [-0.25, -0.2) is 0 Å². The minimum Gasteiger partial charge on any atom is -0.464 e. The van der Waals surface area contributed by atoms with E-state index in [1.54, 1.807) is 18.0 Å². The summed E-state index contributed by atoms with van der Waals surface area (Å²) in [6.07, 6.45) is 11.8. The molecule has 30 heavy (non-hydrogen) atoms. The Kier molecular flexibility index (Phi) is 6.77. The molecule has 1 aromatic carbocycles. The SMILES string of the molecule is CCc1ccc2c(CC(=O)NCCCc3nnc(SC)n3C3CCCC3)coc2c1. The molecule has 2 heterocycles. The quantitative estimate of drug-likeness (QED) is 0.396. The molecule has 0 radical (unpaired) electrons. The average Bonchev–Trinajstić information content (AvgIpc) is 3.50. The molecule has 1 aliphatic rings. The number of thioether (sulfide) groups is 1. The maximum Gasteiger partial charge on any atom is 0.224 e. The first kappa shape index (κ1) is 21.0. The molecule has 0 spiro atoms. The number of carbonyl (C=O) groups is 1. The summed E-state index contributed by atoms with van der Waals surface area (Å²) in [5, 5.41) is 13.9. The number of aryl methyl sites for hydroxylation is 2. The maximum absolute atomic E-state index is 12.4. The van der Waals surface area contributed by atoms with E-state index in [2.05, 4.69) is 51.5 Å². The van der Waals surface area contributed by atoms with Crippen LogP contribution in [0, 0.1) is 0 Å². The second-order valence-electron chi connectivity index (χ2n) is 7.99. The van der Waals surface area contributed by atoms with Crippen molar-refractivity contribution in [1.82, 2.24) is 20.1 Å². The summed E-state index contributed by atoms with van der Waals surface area (Å²) in [5.41, 5.74) is 3.03. The summed E-state index contributed by atoms with van der Waals surface area (Å²) < 4.78 is 7.99. The molecule has 0 atom stereocenters. The molecule has 1 amide bonds. The number of hydrogen-bond donors (Lipinski definition) is 1. The highest BCUT2D eigenvalue weighted by atomic mass is 32.2. The van der Waals surface area contributed by atoms with Crippen molar-refractivity contribution >= 4 is 28.6 Å². The molecule has 0 bridgehead atoms. The molecule has 7 heteroatoms. The molecule has 0 unspecified atom stereocenters. The second kappa shape index (κ2) is 9.69. The number of fused-ring (bicyclic) bond motifs is 1. The van der Waals surface area contributed by atoms with Gasteiger partial charge in [0.25, 0.3) is 0 Å². The lowest BCUT2D eigenvalue weighted by atomic mass is 10.1. The van der Waals surface area contributed by atoms with Crippen molar-refractivity contribution < 1.29 is 9.21 Å². The van der Waals surface area contributed by atoms with E-state index in [0.717, 1.165) is 46.8 Å². The molecule has 160 valence electrons. The van der Waals surface area contributed by atoms with Crippen LogP contribution in [-0.2, 0) is 24.1 Å². The number of hydrogen-bond acceptors (Lipinski definition) is 5. The number of nitrogens with one attached hydrogen (secondary N) is 1. The smallest absolute Gasteiger partial charge is 0.224 e. The largest absolute Gasteiger partial charge is 0.464 e. The van der Waals surface area contributed by atoms with Crippen molar-refractivity contribution in [2.45, 2.75) is 69.5 Å². The van der Waals surface area contributed by atoms with Gasteiger partial charge in [-0.3, -0.25) is 4.79 Å². The van der Waals surface area contributed by atoms with E-state index >= 15 is 0 Å². The zero-order valence-electron chi connectivity index (χ0n) is 17.8. The Labute approximate surface area is 181 Å². The third-order valence-corrected chi connectivity index (χ3v) is 6.63. The molecule has 1 fully saturated rings. The number of rotatable bonds is 9. The number of amides is 1. The highest BCUT2D eigenvalue weighted by Crippen LogP contribution is 2.33. The molecular weight excluding hydrogens is 396 g/mol. The van der Waals surface area contributed by atoms with Gasteiger partial charge in [0.2, 0.25) is 5.91 Å². The van der Waals surface area contributed by atoms with Gasteiger partial charge < -0.3 is 14.3 Å². The molecule has 4 rings (SSSR count). The van der Waals surface area contributed by atoms with Crippen LogP contribution in [0.5, 0.6) is 0 Å². The van der Waals surface area contributed by atoms with E-state index in [0.29, 0.717) is 19.0 Å². The van der Waals surface area contributed by atoms with E-state index in [1.807, 2.05) is 0 Å². The lowest BCUT2D eigenvalue weighted by molar-refractivity contribution is -0.120. The van der Waals surface area contributed by atoms with Crippen molar-refractivity contribution in [1.29, 1.82) is 0 Å². The molecule has 1 saturated carbocycles. The van der Waals surface area contributed by atoms with Gasteiger partial charge in [0.15, 0.2) is 5.16 Å². The number of carbonyl (C=O) groups excluding carboxylic acids is 1. The van der Waals surface area contributed by atoms with Crippen LogP contribution < -0.4 is 5.32 Å². The maximum atomic E-state index is 12.4. The molecular formula is C23H30N4O2S. The molecule has 3 aromatic rings. The first-order chi connectivity index (χ1) is 14.7. The normalized spacial score (nSPS) is 14.6. The fraction of sp³-hybridized carbons (Fsp3) is 0.522. The lowest BCUT2D eigenvalue weighted by Gasteiger charge is -2.16. The van der Waals surface area contributed by atoms with Crippen LogP contribution in [0.4, 0.5) is 0 Å². The van der Waals surface area contributed by atoms with Crippen LogP contribution in [-0.4, -0.2) is 33.5 Å². The summed E-state index contributed by atoms with van der Waals surface area (Å²) in [6.45, 7) is 2.76. The predicted octanol–water partition coefficient (Wildman–Crippen LogP) is 4.72. The van der Waals surface area contributed by atoms with E-state index in [-0.39, 0.29) is 5.91 Å². The Morgan fingerprint density at radius 1 is 1.30 bits per heavy atom. The van der Waals surface area contributed by atoms with Crippen LogP contribution in [0.25, 0.3) is 11.0 Å². The van der Waals surface area contributed by atoms with Gasteiger partial charge >= 0.3 is 0 Å². The van der Waals surface area contributed by atoms with E-state index < -0.39 is 0 Å². The molecule has 1 N–H and O–H groups in total. The van der Waals surface area contributed by atoms with Crippen molar-refractivity contribution in [3.05, 3.63) is 41.4 Å². The average molecular weight is 427 g/mol. The number of nitrogens with zero attached hydrogens (tertiary/aromatic N) is 3. The van der Waals surface area contributed by atoms with Gasteiger partial charge in [-0.1, -0.05) is 43.7 Å². The Bertz CT molecular complexity index is 1000. The number of aromatic nitrogens is 3. The zero-order valence-corrected chi connectivity index (χ0v) is 18.6. The van der Waals surface area contributed by atoms with Crippen molar-refractivity contribution in [3.63, 3.8) is 0 Å². The van der Waals surface area contributed by atoms with Gasteiger partial charge in [-0.2, -0.15) is 0 Å². The molecule has 0 saturated heterocycles. The Morgan fingerprint density at radius 2 is 2.13 bits per heavy atom. The Morgan fingerprint density at radius 3 is 2.90 bits per heavy atom. The van der Waals surface area contributed by atoms with Gasteiger partial charge in [0, 0.05) is 30.0 Å². The Hall–Kier alpha value is -2.28. The summed E-state index contributed by atoms with van der Waals surface area (Å²) in [6, 6.07) is 6.75. The number of furan rings is 1. The van der Waals surface area contributed by atoms with Crippen LogP contribution in [0.15, 0.2) is 34.0 Å². The molecule has 0 aliphatic heterocycles. The summed E-state index contributed by atoms with van der Waals surface area (Å²) in [5.74, 6) is 1.08. The first-order valence-corrected chi connectivity index (χ1v) is 12.2. The van der Waals surface area contributed by atoms with E-state index in [9.17, 15) is 4.79 Å². The zero-order chi connectivity index (χ0) is 20.9. The van der Waals surface area contributed by atoms with Crippen LogP contribution in [0.3, 0.4) is 0 Å². The second-order valence-corrected chi connectivity index (χ2v) is 8.76. The summed E-state index contributed by atoms with van der Waals surface area (Å²) >= 11 is 1.66. The predicted molar refractivity (Wildman–Crippen MR) is 120 cm³/mol. The Balaban J connectivity index is 1.29. The van der Waals surface area contributed by atoms with Gasteiger partial charge in [0.1, 0.15) is 11.4 Å². The summed E-state index contributed by atoms with van der Waals surface area (Å²) in [4.78, 5) is 12.4. The van der Waals surface area contributed by atoms with Gasteiger partial charge in [-0.05, 0) is 43.6 Å². The monoisotopic (exact) mass is 426 g/mol. The summed E-state index contributed by atoms with van der Waals surface area (Å²) in [7, 11) is 0. The van der Waals surface area contributed by atoms with Gasteiger partial charge in [0.05, 0.1) is 12.7 Å². The third-order valence-electron chi connectivity index (χ3n) is 5.99. The molecule has 2 aromatic heterocycles. The highest BCUT2D eigenvalue weighted by molar-refractivity contribution is 7.98. The van der Waals surface area contributed by atoms with Crippen molar-refractivity contribution in [2.75, 3.05) is 12.8 Å². The van der Waals surface area contributed by atoms with Crippen molar-refractivity contribution in [2.24, 2.45) is 0 Å². The standard InChI is InChI=1S/C23H30N4O2S/c1-3-16-10-11-19-17(15-29-20(19)13-16)14-22(28)24-12-6-9-21-25-26-23(30-2)27(21)18-7-4-5-8-18/h10-11,13,15,18H,3-9,12,14H2,1-2H3,(H,24,28). The van der Waals surface area contributed by atoms with E-state index in [4.69, 9.17) is 4.42 Å². The lowest BCUT2D eigenvalue weighted by Crippen LogP contribution is -2.26. The number of benzene rings is 1. The molecule has 1 aliphatic carbocycles. The highest BCUT2D eigenvalue weighted by Gasteiger charge is 2.23. The van der Waals surface area contributed by atoms with Crippen LogP contribution in [0.1, 0.15) is 62.0 Å². The minimum absolute atomic E-state index is 0.0272. The van der Waals surface area contributed by atoms with E-state index in [1.165, 1.54) is 31.2 Å². The minimum atomic E-state index is 0.0272.